The summed E-state index contributed by atoms with van der Waals surface area (Å²) in [5, 5.41) is 5.39. The summed E-state index contributed by atoms with van der Waals surface area (Å²) < 4.78 is 3.66. The van der Waals surface area contributed by atoms with Gasteiger partial charge in [-0.05, 0) is 23.5 Å². The fraction of sp³-hybridized carbons (Fsp3) is 0.667. The number of rotatable bonds is 4. The summed E-state index contributed by atoms with van der Waals surface area (Å²) in [6, 6.07) is 0. The maximum absolute atomic E-state index is 11.8. The summed E-state index contributed by atoms with van der Waals surface area (Å²) in [7, 11) is 1.75. The van der Waals surface area contributed by atoms with Crippen LogP contribution in [-0.2, 0) is 0 Å². The molecule has 1 aromatic heterocycles. The number of amides is 1. The van der Waals surface area contributed by atoms with Crippen LogP contribution in [0.25, 0.3) is 0 Å². The minimum atomic E-state index is -0.106. The van der Waals surface area contributed by atoms with Crippen LogP contribution in [0.4, 0.5) is 0 Å². The molecule has 92 valence electrons. The van der Waals surface area contributed by atoms with E-state index < -0.39 is 0 Å². The molecule has 0 aliphatic heterocycles. The van der Waals surface area contributed by atoms with Crippen LogP contribution in [0.3, 0.4) is 0 Å². The molecule has 5 nitrogen and oxygen atoms in total. The van der Waals surface area contributed by atoms with E-state index in [2.05, 4.69) is 9.59 Å². The first-order chi connectivity index (χ1) is 6.96. The average Bonchev–Trinajstić information content (AvgIpc) is 2.68. The molecule has 1 aromatic rings. The van der Waals surface area contributed by atoms with Gasteiger partial charge in [0.1, 0.15) is 0 Å². The maximum atomic E-state index is 11.8. The van der Waals surface area contributed by atoms with Crippen molar-refractivity contribution in [2.24, 2.45) is 11.1 Å². The van der Waals surface area contributed by atoms with Crippen LogP contribution in [-0.4, -0.2) is 40.5 Å². The molecule has 1 heterocycles. The highest BCUT2D eigenvalue weighted by Gasteiger charge is 2.22. The molecule has 0 aromatic carbocycles. The standard InChI is InChI=1S/C9H16N4OS.ClH/c1-9(2,5-10)6-13(3)8(14)7-4-15-12-11-7;/h4H,5-6,10H2,1-3H3;1H. The van der Waals surface area contributed by atoms with Gasteiger partial charge in [0, 0.05) is 19.0 Å². The van der Waals surface area contributed by atoms with Gasteiger partial charge in [0.25, 0.3) is 5.91 Å². The van der Waals surface area contributed by atoms with Gasteiger partial charge in [0.2, 0.25) is 0 Å². The first kappa shape index (κ1) is 15.3. The molecule has 0 saturated carbocycles. The summed E-state index contributed by atoms with van der Waals surface area (Å²) in [5.74, 6) is -0.106. The van der Waals surface area contributed by atoms with Gasteiger partial charge in [0.15, 0.2) is 5.69 Å². The molecule has 0 bridgehead atoms. The third-order valence-electron chi connectivity index (χ3n) is 2.14. The van der Waals surface area contributed by atoms with E-state index in [1.54, 1.807) is 17.3 Å². The molecule has 2 N–H and O–H groups in total. The average molecular weight is 265 g/mol. The van der Waals surface area contributed by atoms with Gasteiger partial charge >= 0.3 is 0 Å². The van der Waals surface area contributed by atoms with Gasteiger partial charge < -0.3 is 10.6 Å². The lowest BCUT2D eigenvalue weighted by Crippen LogP contribution is -2.39. The van der Waals surface area contributed by atoms with E-state index >= 15 is 0 Å². The van der Waals surface area contributed by atoms with Gasteiger partial charge in [-0.2, -0.15) is 0 Å². The van der Waals surface area contributed by atoms with E-state index in [4.69, 9.17) is 5.73 Å². The van der Waals surface area contributed by atoms with Crippen molar-refractivity contribution in [3.05, 3.63) is 11.1 Å². The highest BCUT2D eigenvalue weighted by molar-refractivity contribution is 7.03. The van der Waals surface area contributed by atoms with E-state index in [9.17, 15) is 4.79 Å². The third kappa shape index (κ3) is 4.03. The molecule has 7 heteroatoms. The van der Waals surface area contributed by atoms with Crippen molar-refractivity contribution in [3.8, 4) is 0 Å². The quantitative estimate of drug-likeness (QED) is 0.881. The molecule has 0 spiro atoms. The number of nitrogens with zero attached hydrogens (tertiary/aromatic N) is 3. The minimum absolute atomic E-state index is 0. The molecule has 0 unspecified atom stereocenters. The van der Waals surface area contributed by atoms with Gasteiger partial charge in [-0.1, -0.05) is 18.3 Å². The zero-order valence-corrected chi connectivity index (χ0v) is 11.3. The number of carbonyl (C=O) groups is 1. The summed E-state index contributed by atoms with van der Waals surface area (Å²) in [6.07, 6.45) is 0. The molecule has 0 aliphatic carbocycles. The highest BCUT2D eigenvalue weighted by atomic mass is 35.5. The molecule has 0 saturated heterocycles. The Morgan fingerprint density at radius 3 is 2.69 bits per heavy atom. The van der Waals surface area contributed by atoms with Crippen molar-refractivity contribution in [1.29, 1.82) is 0 Å². The van der Waals surface area contributed by atoms with E-state index in [1.165, 1.54) is 11.5 Å². The van der Waals surface area contributed by atoms with Crippen molar-refractivity contribution in [2.45, 2.75) is 13.8 Å². The summed E-state index contributed by atoms with van der Waals surface area (Å²) in [6.45, 7) is 5.20. The van der Waals surface area contributed by atoms with Gasteiger partial charge in [-0.25, -0.2) is 0 Å². The molecule has 1 amide bonds. The third-order valence-corrected chi connectivity index (χ3v) is 2.65. The predicted octanol–water partition coefficient (Wildman–Crippen LogP) is 1.02. The zero-order chi connectivity index (χ0) is 11.5. The smallest absolute Gasteiger partial charge is 0.275 e. The van der Waals surface area contributed by atoms with Crippen LogP contribution in [0.15, 0.2) is 5.38 Å². The Morgan fingerprint density at radius 1 is 1.62 bits per heavy atom. The van der Waals surface area contributed by atoms with E-state index in [1.807, 2.05) is 13.8 Å². The van der Waals surface area contributed by atoms with Gasteiger partial charge in [0.05, 0.1) is 0 Å². The first-order valence-corrected chi connectivity index (χ1v) is 5.52. The SMILES string of the molecule is CN(CC(C)(C)CN)C(=O)c1csnn1.Cl. The normalized spacial score (nSPS) is 10.8. The van der Waals surface area contributed by atoms with Gasteiger partial charge in [-0.3, -0.25) is 4.79 Å². The Kier molecular flexibility index (Phi) is 5.85. The molecule has 16 heavy (non-hydrogen) atoms. The van der Waals surface area contributed by atoms with Crippen LogP contribution in [0.5, 0.6) is 0 Å². The van der Waals surface area contributed by atoms with Crippen LogP contribution in [0.2, 0.25) is 0 Å². The summed E-state index contributed by atoms with van der Waals surface area (Å²) in [4.78, 5) is 13.4. The number of hydrogen-bond donors (Lipinski definition) is 1. The lowest BCUT2D eigenvalue weighted by atomic mass is 9.93. The molecule has 0 atom stereocenters. The fourth-order valence-corrected chi connectivity index (χ4v) is 1.66. The van der Waals surface area contributed by atoms with E-state index in [0.717, 1.165) is 0 Å². The topological polar surface area (TPSA) is 72.1 Å². The molecular formula is C9H17ClN4OS. The fourth-order valence-electron chi connectivity index (χ4n) is 1.23. The lowest BCUT2D eigenvalue weighted by Gasteiger charge is -2.28. The Bertz CT molecular complexity index is 328. The Morgan fingerprint density at radius 2 is 2.25 bits per heavy atom. The molecule has 0 fully saturated rings. The van der Waals surface area contributed by atoms with Crippen molar-refractivity contribution in [2.75, 3.05) is 20.1 Å². The van der Waals surface area contributed by atoms with Crippen molar-refractivity contribution in [3.63, 3.8) is 0 Å². The Balaban J connectivity index is 0.00000225. The van der Waals surface area contributed by atoms with E-state index in [0.29, 0.717) is 18.8 Å². The Hall–Kier alpha value is -0.720. The second-order valence-electron chi connectivity index (χ2n) is 4.32. The number of nitrogens with two attached hydrogens (primary N) is 1. The summed E-state index contributed by atoms with van der Waals surface area (Å²) in [5.41, 5.74) is 5.93. The second-order valence-corrected chi connectivity index (χ2v) is 4.93. The molecule has 0 aliphatic rings. The van der Waals surface area contributed by atoms with Crippen LogP contribution < -0.4 is 5.73 Å². The van der Waals surface area contributed by atoms with Crippen LogP contribution in [0.1, 0.15) is 24.3 Å². The lowest BCUT2D eigenvalue weighted by molar-refractivity contribution is 0.0734. The molecule has 1 rings (SSSR count). The van der Waals surface area contributed by atoms with Crippen LogP contribution in [0, 0.1) is 5.41 Å². The van der Waals surface area contributed by atoms with Crippen LogP contribution >= 0.6 is 23.9 Å². The summed E-state index contributed by atoms with van der Waals surface area (Å²) >= 11 is 1.18. The predicted molar refractivity (Wildman–Crippen MR) is 67.0 cm³/mol. The largest absolute Gasteiger partial charge is 0.340 e. The number of hydrogen-bond acceptors (Lipinski definition) is 5. The molecular weight excluding hydrogens is 248 g/mol. The maximum Gasteiger partial charge on any atom is 0.275 e. The monoisotopic (exact) mass is 264 g/mol. The minimum Gasteiger partial charge on any atom is -0.340 e. The number of carbonyl (C=O) groups excluding carboxylic acids is 1. The number of aromatic nitrogens is 2. The van der Waals surface area contributed by atoms with Gasteiger partial charge in [-0.15, -0.1) is 17.5 Å². The van der Waals surface area contributed by atoms with E-state index in [-0.39, 0.29) is 23.7 Å². The zero-order valence-electron chi connectivity index (χ0n) is 9.64. The second kappa shape index (κ2) is 6.12. The number of halogens is 1. The first-order valence-electron chi connectivity index (χ1n) is 4.69. The highest BCUT2D eigenvalue weighted by Crippen LogP contribution is 2.15. The molecule has 0 radical (unpaired) electrons. The Labute approximate surface area is 106 Å². The van der Waals surface area contributed by atoms with Crippen molar-refractivity contribution >= 4 is 29.8 Å². The van der Waals surface area contributed by atoms with Crippen molar-refractivity contribution in [1.82, 2.24) is 14.5 Å². The van der Waals surface area contributed by atoms with Crippen molar-refractivity contribution < 1.29 is 4.79 Å².